The minimum absolute atomic E-state index is 0.307. The number of rotatable bonds is 2. The number of nitrogens with zero attached hydrogens (tertiary/aromatic N) is 5. The lowest BCUT2D eigenvalue weighted by molar-refractivity contribution is 0.344. The highest BCUT2D eigenvalue weighted by Gasteiger charge is 2.18. The Labute approximate surface area is 149 Å². The molecule has 0 unspecified atom stereocenters. The number of aryl methyl sites for hydroxylation is 1. The normalized spacial score (nSPS) is 15.9. The van der Waals surface area contributed by atoms with E-state index in [0.29, 0.717) is 11.6 Å². The SMILES string of the molecule is Cn1cc2nc(-c3cc(F)c4nn(C5CCNCC5)cc4c3)ccc2n1. The first-order chi connectivity index (χ1) is 12.7. The third-order valence-corrected chi connectivity index (χ3v) is 5.04. The van der Waals surface area contributed by atoms with Crippen LogP contribution in [0.2, 0.25) is 0 Å². The van der Waals surface area contributed by atoms with Crippen LogP contribution in [-0.4, -0.2) is 37.6 Å². The number of pyridine rings is 1. The summed E-state index contributed by atoms with van der Waals surface area (Å²) in [6, 6.07) is 7.61. The first-order valence-corrected chi connectivity index (χ1v) is 8.87. The number of piperidine rings is 1. The lowest BCUT2D eigenvalue weighted by atomic mass is 10.1. The summed E-state index contributed by atoms with van der Waals surface area (Å²) in [6.07, 6.45) is 5.85. The van der Waals surface area contributed by atoms with Crippen LogP contribution < -0.4 is 5.32 Å². The van der Waals surface area contributed by atoms with Gasteiger partial charge in [0.05, 0.1) is 17.9 Å². The van der Waals surface area contributed by atoms with E-state index >= 15 is 0 Å². The van der Waals surface area contributed by atoms with Crippen LogP contribution >= 0.6 is 0 Å². The smallest absolute Gasteiger partial charge is 0.151 e. The lowest BCUT2D eigenvalue weighted by Gasteiger charge is -2.22. The average Bonchev–Trinajstić information content (AvgIpc) is 3.24. The molecule has 1 N–H and O–H groups in total. The fourth-order valence-electron chi connectivity index (χ4n) is 3.70. The van der Waals surface area contributed by atoms with Crippen molar-refractivity contribution < 1.29 is 4.39 Å². The largest absolute Gasteiger partial charge is 0.317 e. The van der Waals surface area contributed by atoms with Crippen molar-refractivity contribution >= 4 is 21.9 Å². The number of benzene rings is 1. The quantitative estimate of drug-likeness (QED) is 0.604. The summed E-state index contributed by atoms with van der Waals surface area (Å²) in [5, 5.41) is 13.0. The van der Waals surface area contributed by atoms with Crippen LogP contribution in [0, 0.1) is 5.82 Å². The van der Waals surface area contributed by atoms with Crippen molar-refractivity contribution in [2.75, 3.05) is 13.1 Å². The molecule has 1 fully saturated rings. The van der Waals surface area contributed by atoms with Crippen molar-refractivity contribution in [2.24, 2.45) is 7.05 Å². The second-order valence-electron chi connectivity index (χ2n) is 6.89. The lowest BCUT2D eigenvalue weighted by Crippen LogP contribution is -2.29. The zero-order valence-corrected chi connectivity index (χ0v) is 14.5. The molecule has 0 amide bonds. The van der Waals surface area contributed by atoms with Gasteiger partial charge in [0.15, 0.2) is 5.82 Å². The number of hydrogen-bond acceptors (Lipinski definition) is 4. The van der Waals surface area contributed by atoms with E-state index in [0.717, 1.165) is 53.6 Å². The first kappa shape index (κ1) is 15.5. The Balaban J connectivity index is 1.58. The van der Waals surface area contributed by atoms with E-state index in [1.165, 1.54) is 6.07 Å². The van der Waals surface area contributed by atoms with Crippen LogP contribution in [0.5, 0.6) is 0 Å². The third kappa shape index (κ3) is 2.55. The predicted molar refractivity (Wildman–Crippen MR) is 98.3 cm³/mol. The zero-order chi connectivity index (χ0) is 17.7. The molecule has 0 bridgehead atoms. The molecule has 0 atom stereocenters. The number of aromatic nitrogens is 5. The molecule has 26 heavy (non-hydrogen) atoms. The van der Waals surface area contributed by atoms with Gasteiger partial charge in [0.2, 0.25) is 0 Å². The number of nitrogens with one attached hydrogen (secondary N) is 1. The van der Waals surface area contributed by atoms with Gasteiger partial charge in [-0.2, -0.15) is 10.2 Å². The molecule has 0 radical (unpaired) electrons. The van der Waals surface area contributed by atoms with Crippen molar-refractivity contribution in [3.8, 4) is 11.3 Å². The molecule has 4 aromatic rings. The molecule has 1 saturated heterocycles. The van der Waals surface area contributed by atoms with Crippen molar-refractivity contribution in [1.82, 2.24) is 29.9 Å². The highest BCUT2D eigenvalue weighted by Crippen LogP contribution is 2.28. The molecule has 6 nitrogen and oxygen atoms in total. The first-order valence-electron chi connectivity index (χ1n) is 8.87. The van der Waals surface area contributed by atoms with E-state index in [1.54, 1.807) is 4.68 Å². The molecule has 5 rings (SSSR count). The van der Waals surface area contributed by atoms with Crippen molar-refractivity contribution in [2.45, 2.75) is 18.9 Å². The van der Waals surface area contributed by atoms with Gasteiger partial charge in [0.25, 0.3) is 0 Å². The average molecular weight is 350 g/mol. The van der Waals surface area contributed by atoms with Crippen LogP contribution in [-0.2, 0) is 7.05 Å². The standard InChI is InChI=1S/C19H19FN6/c1-25-11-18-17(23-25)3-2-16(22-18)12-8-13-10-26(14-4-6-21-7-5-14)24-19(13)15(20)9-12/h2-3,8-11,14,21H,4-7H2,1H3. The summed E-state index contributed by atoms with van der Waals surface area (Å²) in [4.78, 5) is 4.63. The zero-order valence-electron chi connectivity index (χ0n) is 14.5. The Morgan fingerprint density at radius 1 is 1.08 bits per heavy atom. The number of fused-ring (bicyclic) bond motifs is 2. The van der Waals surface area contributed by atoms with Gasteiger partial charge in [-0.3, -0.25) is 9.36 Å². The predicted octanol–water partition coefficient (Wildman–Crippen LogP) is 3.05. The molecule has 0 spiro atoms. The minimum Gasteiger partial charge on any atom is -0.317 e. The Morgan fingerprint density at radius 2 is 1.92 bits per heavy atom. The second-order valence-corrected chi connectivity index (χ2v) is 6.89. The van der Waals surface area contributed by atoms with E-state index in [4.69, 9.17) is 0 Å². The second kappa shape index (κ2) is 5.88. The molecule has 1 aliphatic heterocycles. The molecule has 3 aromatic heterocycles. The van der Waals surface area contributed by atoms with Crippen molar-refractivity contribution in [1.29, 1.82) is 0 Å². The maximum absolute atomic E-state index is 14.7. The molecular formula is C19H19FN6. The highest BCUT2D eigenvalue weighted by molar-refractivity contribution is 5.85. The van der Waals surface area contributed by atoms with Gasteiger partial charge in [-0.15, -0.1) is 0 Å². The molecule has 7 heteroatoms. The highest BCUT2D eigenvalue weighted by atomic mass is 19.1. The summed E-state index contributed by atoms with van der Waals surface area (Å²) >= 11 is 0. The fraction of sp³-hybridized carbons (Fsp3) is 0.316. The number of halogens is 1. The summed E-state index contributed by atoms with van der Waals surface area (Å²) in [5.41, 5.74) is 3.55. The molecule has 1 aliphatic rings. The van der Waals surface area contributed by atoms with Crippen LogP contribution in [0.4, 0.5) is 4.39 Å². The van der Waals surface area contributed by atoms with Gasteiger partial charge in [-0.25, -0.2) is 9.37 Å². The van der Waals surface area contributed by atoms with Gasteiger partial charge < -0.3 is 5.32 Å². The Kier molecular flexibility index (Phi) is 3.49. The van der Waals surface area contributed by atoms with Crippen molar-refractivity contribution in [3.05, 3.63) is 42.5 Å². The summed E-state index contributed by atoms with van der Waals surface area (Å²) < 4.78 is 18.4. The Morgan fingerprint density at radius 3 is 2.77 bits per heavy atom. The van der Waals surface area contributed by atoms with Gasteiger partial charge in [-0.05, 0) is 50.2 Å². The van der Waals surface area contributed by atoms with Gasteiger partial charge in [0, 0.05) is 24.2 Å². The fourth-order valence-corrected chi connectivity index (χ4v) is 3.70. The van der Waals surface area contributed by atoms with E-state index < -0.39 is 0 Å². The van der Waals surface area contributed by atoms with Gasteiger partial charge >= 0.3 is 0 Å². The van der Waals surface area contributed by atoms with Crippen LogP contribution in [0.15, 0.2) is 36.7 Å². The van der Waals surface area contributed by atoms with E-state index in [2.05, 4.69) is 20.5 Å². The Bertz CT molecular complexity index is 1110. The molecule has 0 aliphatic carbocycles. The maximum Gasteiger partial charge on any atom is 0.151 e. The maximum atomic E-state index is 14.7. The minimum atomic E-state index is -0.307. The molecule has 4 heterocycles. The van der Waals surface area contributed by atoms with E-state index in [9.17, 15) is 4.39 Å². The summed E-state index contributed by atoms with van der Waals surface area (Å²) in [5.74, 6) is -0.307. The van der Waals surface area contributed by atoms with Crippen LogP contribution in [0.3, 0.4) is 0 Å². The molecule has 0 saturated carbocycles. The Hall–Kier alpha value is -2.80. The van der Waals surface area contributed by atoms with Crippen LogP contribution in [0.1, 0.15) is 18.9 Å². The molecule has 1 aromatic carbocycles. The summed E-state index contributed by atoms with van der Waals surface area (Å²) in [6.45, 7) is 1.95. The third-order valence-electron chi connectivity index (χ3n) is 5.04. The van der Waals surface area contributed by atoms with E-state index in [1.807, 2.05) is 42.3 Å². The summed E-state index contributed by atoms with van der Waals surface area (Å²) in [7, 11) is 1.86. The number of hydrogen-bond donors (Lipinski definition) is 1. The monoisotopic (exact) mass is 350 g/mol. The molecule has 132 valence electrons. The van der Waals surface area contributed by atoms with E-state index in [-0.39, 0.29) is 5.82 Å². The molecular weight excluding hydrogens is 331 g/mol. The van der Waals surface area contributed by atoms with Gasteiger partial charge in [0.1, 0.15) is 16.6 Å². The van der Waals surface area contributed by atoms with Crippen molar-refractivity contribution in [3.63, 3.8) is 0 Å². The topological polar surface area (TPSA) is 60.6 Å². The van der Waals surface area contributed by atoms with Crippen LogP contribution in [0.25, 0.3) is 33.2 Å². The van der Waals surface area contributed by atoms with Gasteiger partial charge in [-0.1, -0.05) is 0 Å².